The minimum Gasteiger partial charge on any atom is -0.495 e. The standard InChI is InChI=1S/C13H13ClN2O2S/c1-7-12(8(2)17)13(19-16-7)15-10-6-9(14)4-5-11(10)18-3/h4-6,15H,1-3H3. The van der Waals surface area contributed by atoms with Gasteiger partial charge in [0.05, 0.1) is 24.1 Å². The molecule has 2 aromatic rings. The zero-order chi connectivity index (χ0) is 14.0. The Balaban J connectivity index is 2.41. The van der Waals surface area contributed by atoms with Crippen molar-refractivity contribution in [3.05, 3.63) is 34.5 Å². The van der Waals surface area contributed by atoms with Crippen LogP contribution in [0.15, 0.2) is 18.2 Å². The fourth-order valence-electron chi connectivity index (χ4n) is 1.77. The molecule has 4 nitrogen and oxygen atoms in total. The summed E-state index contributed by atoms with van der Waals surface area (Å²) in [7, 11) is 1.58. The van der Waals surface area contributed by atoms with Crippen molar-refractivity contribution in [1.82, 2.24) is 4.37 Å². The van der Waals surface area contributed by atoms with Crippen LogP contribution in [0.3, 0.4) is 0 Å². The van der Waals surface area contributed by atoms with Gasteiger partial charge in [0.25, 0.3) is 0 Å². The van der Waals surface area contributed by atoms with E-state index < -0.39 is 0 Å². The average molecular weight is 297 g/mol. The van der Waals surface area contributed by atoms with Crippen molar-refractivity contribution in [2.75, 3.05) is 12.4 Å². The quantitative estimate of drug-likeness (QED) is 0.865. The van der Waals surface area contributed by atoms with E-state index >= 15 is 0 Å². The molecule has 0 fully saturated rings. The fraction of sp³-hybridized carbons (Fsp3) is 0.231. The van der Waals surface area contributed by atoms with Gasteiger partial charge in [-0.3, -0.25) is 4.79 Å². The zero-order valence-electron chi connectivity index (χ0n) is 10.8. The van der Waals surface area contributed by atoms with E-state index in [2.05, 4.69) is 9.69 Å². The first-order valence-electron chi connectivity index (χ1n) is 5.60. The lowest BCUT2D eigenvalue weighted by molar-refractivity contribution is 0.101. The Labute approximate surface area is 120 Å². The van der Waals surface area contributed by atoms with Gasteiger partial charge < -0.3 is 10.1 Å². The van der Waals surface area contributed by atoms with Crippen molar-refractivity contribution >= 4 is 39.6 Å². The molecule has 100 valence electrons. The fourth-order valence-corrected chi connectivity index (χ4v) is 2.80. The Morgan fingerprint density at radius 2 is 2.21 bits per heavy atom. The molecule has 6 heteroatoms. The summed E-state index contributed by atoms with van der Waals surface area (Å²) in [5, 5.41) is 4.45. The van der Waals surface area contributed by atoms with Gasteiger partial charge in [0.15, 0.2) is 5.78 Å². The number of nitrogens with one attached hydrogen (secondary N) is 1. The molecule has 2 rings (SSSR count). The Morgan fingerprint density at radius 3 is 2.84 bits per heavy atom. The lowest BCUT2D eigenvalue weighted by Gasteiger charge is -2.10. The van der Waals surface area contributed by atoms with Crippen LogP contribution in [0.25, 0.3) is 0 Å². The first kappa shape index (κ1) is 13.8. The molecule has 1 aromatic heterocycles. The first-order chi connectivity index (χ1) is 9.02. The molecular weight excluding hydrogens is 284 g/mol. The van der Waals surface area contributed by atoms with E-state index in [1.165, 1.54) is 18.5 Å². The maximum absolute atomic E-state index is 11.6. The molecule has 0 aliphatic rings. The molecule has 0 aliphatic carbocycles. The van der Waals surface area contributed by atoms with Crippen LogP contribution in [0.4, 0.5) is 10.7 Å². The van der Waals surface area contributed by atoms with Gasteiger partial charge in [-0.2, -0.15) is 4.37 Å². The predicted molar refractivity (Wildman–Crippen MR) is 78.1 cm³/mol. The number of ketones is 1. The maximum Gasteiger partial charge on any atom is 0.164 e. The average Bonchev–Trinajstić information content (AvgIpc) is 2.71. The van der Waals surface area contributed by atoms with Gasteiger partial charge in [0.2, 0.25) is 0 Å². The molecule has 1 aromatic carbocycles. The summed E-state index contributed by atoms with van der Waals surface area (Å²) in [6, 6.07) is 5.26. The van der Waals surface area contributed by atoms with Crippen molar-refractivity contribution in [2.24, 2.45) is 0 Å². The highest BCUT2D eigenvalue weighted by Crippen LogP contribution is 2.34. The molecule has 0 saturated heterocycles. The third-order valence-electron chi connectivity index (χ3n) is 2.62. The first-order valence-corrected chi connectivity index (χ1v) is 6.76. The van der Waals surface area contributed by atoms with Crippen LogP contribution >= 0.6 is 23.1 Å². The van der Waals surface area contributed by atoms with Crippen molar-refractivity contribution in [3.8, 4) is 5.75 Å². The number of nitrogens with zero attached hydrogens (tertiary/aromatic N) is 1. The molecule has 0 amide bonds. The smallest absolute Gasteiger partial charge is 0.164 e. The number of hydrogen-bond donors (Lipinski definition) is 1. The largest absolute Gasteiger partial charge is 0.495 e. The highest BCUT2D eigenvalue weighted by atomic mass is 35.5. The molecule has 0 radical (unpaired) electrons. The van der Waals surface area contributed by atoms with Crippen molar-refractivity contribution in [3.63, 3.8) is 0 Å². The number of carbonyl (C=O) groups excluding carboxylic acids is 1. The summed E-state index contributed by atoms with van der Waals surface area (Å²) in [5.41, 5.74) is 2.04. The topological polar surface area (TPSA) is 51.2 Å². The maximum atomic E-state index is 11.6. The second-order valence-corrected chi connectivity index (χ2v) is 5.21. The molecule has 0 atom stereocenters. The number of halogens is 1. The minimum absolute atomic E-state index is 0.0188. The summed E-state index contributed by atoms with van der Waals surface area (Å²) in [5.74, 6) is 0.639. The Hall–Kier alpha value is -1.59. The molecule has 0 spiro atoms. The van der Waals surface area contributed by atoms with Gasteiger partial charge in [-0.05, 0) is 43.6 Å². The van der Waals surface area contributed by atoms with Crippen molar-refractivity contribution < 1.29 is 9.53 Å². The summed E-state index contributed by atoms with van der Waals surface area (Å²) in [4.78, 5) is 11.6. The molecule has 0 bridgehead atoms. The molecule has 0 aliphatic heterocycles. The van der Waals surface area contributed by atoms with Gasteiger partial charge in [-0.15, -0.1) is 0 Å². The molecule has 19 heavy (non-hydrogen) atoms. The number of aromatic nitrogens is 1. The Bertz CT molecular complexity index is 625. The number of ether oxygens (including phenoxy) is 1. The molecule has 1 N–H and O–H groups in total. The number of aryl methyl sites for hydroxylation is 1. The summed E-state index contributed by atoms with van der Waals surface area (Å²) in [6.45, 7) is 3.34. The second-order valence-electron chi connectivity index (χ2n) is 4.00. The SMILES string of the molecule is COc1ccc(Cl)cc1Nc1snc(C)c1C(C)=O. The van der Waals surface area contributed by atoms with Crippen LogP contribution in [-0.2, 0) is 0 Å². The van der Waals surface area contributed by atoms with Gasteiger partial charge >= 0.3 is 0 Å². The van der Waals surface area contributed by atoms with E-state index in [0.29, 0.717) is 27.0 Å². The van der Waals surface area contributed by atoms with E-state index in [9.17, 15) is 4.79 Å². The number of methoxy groups -OCH3 is 1. The van der Waals surface area contributed by atoms with E-state index in [-0.39, 0.29) is 5.78 Å². The second kappa shape index (κ2) is 5.59. The molecule has 0 saturated carbocycles. The van der Waals surface area contributed by atoms with E-state index in [1.807, 2.05) is 6.92 Å². The zero-order valence-corrected chi connectivity index (χ0v) is 12.4. The molecule has 0 unspecified atom stereocenters. The van der Waals surface area contributed by atoms with Crippen LogP contribution < -0.4 is 10.1 Å². The van der Waals surface area contributed by atoms with Crippen LogP contribution in [0.2, 0.25) is 5.02 Å². The van der Waals surface area contributed by atoms with Gasteiger partial charge in [-0.1, -0.05) is 11.6 Å². The number of rotatable bonds is 4. The Kier molecular flexibility index (Phi) is 4.07. The predicted octanol–water partition coefficient (Wildman–Crippen LogP) is 4.06. The van der Waals surface area contributed by atoms with Crippen molar-refractivity contribution in [1.29, 1.82) is 0 Å². The Morgan fingerprint density at radius 1 is 1.47 bits per heavy atom. The van der Waals surface area contributed by atoms with E-state index in [0.717, 1.165) is 5.69 Å². The van der Waals surface area contributed by atoms with Crippen LogP contribution in [0.5, 0.6) is 5.75 Å². The van der Waals surface area contributed by atoms with Gasteiger partial charge in [-0.25, -0.2) is 0 Å². The molecular formula is C13H13ClN2O2S. The van der Waals surface area contributed by atoms with Crippen molar-refractivity contribution in [2.45, 2.75) is 13.8 Å². The minimum atomic E-state index is -0.0188. The van der Waals surface area contributed by atoms with Crippen LogP contribution in [0, 0.1) is 6.92 Å². The van der Waals surface area contributed by atoms with Gasteiger partial charge in [0.1, 0.15) is 10.8 Å². The summed E-state index contributed by atoms with van der Waals surface area (Å²) < 4.78 is 9.45. The van der Waals surface area contributed by atoms with Gasteiger partial charge in [0, 0.05) is 5.02 Å². The van der Waals surface area contributed by atoms with E-state index in [4.69, 9.17) is 16.3 Å². The summed E-state index contributed by atoms with van der Waals surface area (Å²) >= 11 is 7.22. The molecule has 1 heterocycles. The monoisotopic (exact) mass is 296 g/mol. The van der Waals surface area contributed by atoms with Crippen LogP contribution in [0.1, 0.15) is 23.0 Å². The third-order valence-corrected chi connectivity index (χ3v) is 3.71. The number of anilines is 2. The third kappa shape index (κ3) is 2.88. The van der Waals surface area contributed by atoms with E-state index in [1.54, 1.807) is 25.3 Å². The van der Waals surface area contributed by atoms with Crippen LogP contribution in [-0.4, -0.2) is 17.3 Å². The lowest BCUT2D eigenvalue weighted by Crippen LogP contribution is -2.00. The number of carbonyl (C=O) groups is 1. The number of Topliss-reactive ketones (excluding diaryl/α,β-unsaturated/α-hetero) is 1. The summed E-state index contributed by atoms with van der Waals surface area (Å²) in [6.07, 6.45) is 0. The normalized spacial score (nSPS) is 10.3. The highest BCUT2D eigenvalue weighted by Gasteiger charge is 2.16. The highest BCUT2D eigenvalue weighted by molar-refractivity contribution is 7.10. The number of benzene rings is 1. The number of hydrogen-bond acceptors (Lipinski definition) is 5. The lowest BCUT2D eigenvalue weighted by atomic mass is 10.2.